The molecule has 0 spiro atoms. The molecule has 27 heteroatoms. The van der Waals surface area contributed by atoms with E-state index in [1.807, 2.05) is 0 Å². The van der Waals surface area contributed by atoms with E-state index in [4.69, 9.17) is 28.7 Å². The first-order valence-corrected chi connectivity index (χ1v) is 20.2. The number of hydrogen-bond donors (Lipinski definition) is 13. The number of carboxylic acids is 2. The number of nitrogens with two attached hydrogens (primary N) is 5. The van der Waals surface area contributed by atoms with Crippen molar-refractivity contribution in [3.8, 4) is 0 Å². The van der Waals surface area contributed by atoms with Crippen molar-refractivity contribution >= 4 is 76.9 Å². The van der Waals surface area contributed by atoms with Gasteiger partial charge in [-0.05, 0) is 51.4 Å². The van der Waals surface area contributed by atoms with Crippen LogP contribution in [0.15, 0.2) is 0 Å². The maximum absolute atomic E-state index is 13.8. The number of aliphatic carboxylic acids is 2. The maximum Gasteiger partial charge on any atom is 0.326 e. The van der Waals surface area contributed by atoms with Crippen LogP contribution in [0, 0.1) is 5.92 Å². The molecule has 27 nitrogen and oxygen atoms in total. The second kappa shape index (κ2) is 26.5. The highest BCUT2D eigenvalue weighted by Gasteiger charge is 2.40. The van der Waals surface area contributed by atoms with E-state index in [1.54, 1.807) is 0 Å². The molecule has 1 fully saturated rings. The van der Waals surface area contributed by atoms with Gasteiger partial charge in [0, 0.05) is 32.2 Å². The first kappa shape index (κ1) is 55.1. The second-order valence-corrected chi connectivity index (χ2v) is 15.5. The second-order valence-electron chi connectivity index (χ2n) is 15.5. The van der Waals surface area contributed by atoms with E-state index in [0.29, 0.717) is 0 Å². The third-order valence-corrected chi connectivity index (χ3v) is 9.79. The summed E-state index contributed by atoms with van der Waals surface area (Å²) in [4.78, 5) is 164. The lowest BCUT2D eigenvalue weighted by Gasteiger charge is -2.30. The van der Waals surface area contributed by atoms with E-state index in [9.17, 15) is 72.5 Å². The van der Waals surface area contributed by atoms with E-state index < -0.39 is 150 Å². The van der Waals surface area contributed by atoms with E-state index in [1.165, 1.54) is 13.8 Å². The summed E-state index contributed by atoms with van der Waals surface area (Å²) in [7, 11) is 0. The van der Waals surface area contributed by atoms with Gasteiger partial charge in [-0.2, -0.15) is 0 Å². The number of carbonyl (C=O) groups excluding carboxylic acids is 11. The molecular formula is C37H60N12O15. The van der Waals surface area contributed by atoms with E-state index in [-0.39, 0.29) is 57.9 Å². The molecule has 1 rings (SSSR count). The number of hydrogen-bond acceptors (Lipinski definition) is 14. The molecule has 0 saturated carbocycles. The van der Waals surface area contributed by atoms with E-state index in [2.05, 4.69) is 31.9 Å². The largest absolute Gasteiger partial charge is 0.481 e. The van der Waals surface area contributed by atoms with Gasteiger partial charge >= 0.3 is 11.9 Å². The highest BCUT2D eigenvalue weighted by atomic mass is 16.4. The summed E-state index contributed by atoms with van der Waals surface area (Å²) < 4.78 is 0. The Hall–Kier alpha value is -6.93. The number of likely N-dealkylation sites (tertiary alicyclic amines) is 1. The van der Waals surface area contributed by atoms with Crippen molar-refractivity contribution in [1.29, 1.82) is 0 Å². The van der Waals surface area contributed by atoms with Crippen molar-refractivity contribution in [2.45, 2.75) is 140 Å². The first-order valence-electron chi connectivity index (χ1n) is 20.2. The summed E-state index contributed by atoms with van der Waals surface area (Å²) >= 11 is 0. The smallest absolute Gasteiger partial charge is 0.326 e. The minimum Gasteiger partial charge on any atom is -0.481 e. The average Bonchev–Trinajstić information content (AvgIpc) is 3.69. The van der Waals surface area contributed by atoms with E-state index >= 15 is 0 Å². The molecule has 8 atom stereocenters. The van der Waals surface area contributed by atoms with Gasteiger partial charge in [-0.3, -0.25) is 57.5 Å². The van der Waals surface area contributed by atoms with Crippen LogP contribution in [-0.4, -0.2) is 147 Å². The zero-order valence-corrected chi connectivity index (χ0v) is 35.7. The molecular weight excluding hydrogens is 852 g/mol. The molecule has 18 N–H and O–H groups in total. The molecule has 0 bridgehead atoms. The van der Waals surface area contributed by atoms with Crippen molar-refractivity contribution in [2.75, 3.05) is 6.54 Å². The number of rotatable bonds is 29. The van der Waals surface area contributed by atoms with Gasteiger partial charge in [0.1, 0.15) is 42.3 Å². The Morgan fingerprint density at radius 1 is 0.562 bits per heavy atom. The number of primary amides is 4. The lowest BCUT2D eigenvalue weighted by molar-refractivity contribution is -0.143. The molecule has 358 valence electrons. The van der Waals surface area contributed by atoms with Gasteiger partial charge in [-0.25, -0.2) is 4.79 Å². The molecule has 0 aliphatic carbocycles. The fourth-order valence-corrected chi connectivity index (χ4v) is 6.23. The molecule has 0 aromatic heterocycles. The summed E-state index contributed by atoms with van der Waals surface area (Å²) in [5.41, 5.74) is 26.6. The highest BCUT2D eigenvalue weighted by molar-refractivity contribution is 5.99. The maximum atomic E-state index is 13.8. The molecule has 1 saturated heterocycles. The van der Waals surface area contributed by atoms with Gasteiger partial charge in [0.25, 0.3) is 0 Å². The van der Waals surface area contributed by atoms with Gasteiger partial charge < -0.3 is 75.7 Å². The number of amides is 11. The Morgan fingerprint density at radius 3 is 1.53 bits per heavy atom. The monoisotopic (exact) mass is 912 g/mol. The van der Waals surface area contributed by atoms with Gasteiger partial charge in [-0.1, -0.05) is 13.8 Å². The fourth-order valence-electron chi connectivity index (χ4n) is 6.23. The third-order valence-electron chi connectivity index (χ3n) is 9.79. The molecule has 1 heterocycles. The Bertz CT molecular complexity index is 1790. The van der Waals surface area contributed by atoms with Gasteiger partial charge in [0.15, 0.2) is 0 Å². The highest BCUT2D eigenvalue weighted by Crippen LogP contribution is 2.21. The van der Waals surface area contributed by atoms with Crippen molar-refractivity contribution in [3.63, 3.8) is 0 Å². The average molecular weight is 913 g/mol. The third kappa shape index (κ3) is 19.4. The standard InChI is InChI=1S/C37H60N12O15/c1-16(2)29(35(61)46-21(37(63)64)9-13-27(42)53)48-30(56)17(3)43-33(59)22(15-28(54)55)47-32(58)19(7-11-25(40)51)44-34(60)23-5-4-14-49(23)36(62)20(8-12-26(41)52)45-31(57)18(38)6-10-24(39)50/h16-23,29H,4-15,38H2,1-3H3,(H2,39,50)(H2,40,51)(H2,41,52)(H2,42,53)(H,43,59)(H,44,60)(H,45,57)(H,46,61)(H,47,58)(H,48,56)(H,54,55)(H,63,64)/t17-,18-,19-,20-,21-,22-,23-,29-/m0/s1. The zero-order valence-electron chi connectivity index (χ0n) is 35.7. The Morgan fingerprint density at radius 2 is 1.03 bits per heavy atom. The van der Waals surface area contributed by atoms with Crippen LogP contribution in [0.4, 0.5) is 0 Å². The van der Waals surface area contributed by atoms with Crippen LogP contribution in [0.5, 0.6) is 0 Å². The minimum absolute atomic E-state index is 0.0270. The number of nitrogens with one attached hydrogen (secondary N) is 6. The topological polar surface area (TPSA) is 468 Å². The minimum atomic E-state index is -1.91. The molecule has 0 radical (unpaired) electrons. The quantitative estimate of drug-likeness (QED) is 0.0332. The van der Waals surface area contributed by atoms with Crippen LogP contribution in [0.1, 0.15) is 91.4 Å². The Labute approximate surface area is 366 Å². The van der Waals surface area contributed by atoms with Crippen LogP contribution in [0.2, 0.25) is 0 Å². The summed E-state index contributed by atoms with van der Waals surface area (Å²) in [6.45, 7) is 4.15. The molecule has 0 aromatic rings. The van der Waals surface area contributed by atoms with Crippen LogP contribution >= 0.6 is 0 Å². The molecule has 0 aromatic carbocycles. The molecule has 1 aliphatic heterocycles. The summed E-state index contributed by atoms with van der Waals surface area (Å²) in [6, 6.07) is -12.0. The van der Waals surface area contributed by atoms with Crippen LogP contribution in [0.3, 0.4) is 0 Å². The lowest BCUT2D eigenvalue weighted by atomic mass is 10.0. The van der Waals surface area contributed by atoms with Crippen molar-refractivity contribution in [2.24, 2.45) is 34.6 Å². The van der Waals surface area contributed by atoms with E-state index in [0.717, 1.165) is 11.8 Å². The number of carboxylic acid groups (broad SMARTS) is 2. The van der Waals surface area contributed by atoms with Crippen molar-refractivity contribution < 1.29 is 72.5 Å². The number of nitrogens with zero attached hydrogens (tertiary/aromatic N) is 1. The number of carbonyl (C=O) groups is 13. The van der Waals surface area contributed by atoms with Crippen LogP contribution < -0.4 is 60.6 Å². The van der Waals surface area contributed by atoms with Crippen LogP contribution in [0.25, 0.3) is 0 Å². The Balaban J connectivity index is 3.24. The molecule has 11 amide bonds. The summed E-state index contributed by atoms with van der Waals surface area (Å²) in [5, 5.41) is 32.8. The predicted molar refractivity (Wildman–Crippen MR) is 218 cm³/mol. The fraction of sp³-hybridized carbons (Fsp3) is 0.649. The normalized spacial score (nSPS) is 16.6. The van der Waals surface area contributed by atoms with Crippen LogP contribution in [-0.2, 0) is 62.3 Å². The predicted octanol–water partition coefficient (Wildman–Crippen LogP) is -6.49. The summed E-state index contributed by atoms with van der Waals surface area (Å²) in [6.07, 6.45) is -3.53. The first-order chi connectivity index (χ1) is 29.7. The molecule has 1 aliphatic rings. The molecule has 0 unspecified atom stereocenters. The van der Waals surface area contributed by atoms with Gasteiger partial charge in [0.05, 0.1) is 12.5 Å². The lowest BCUT2D eigenvalue weighted by Crippen LogP contribution is -2.60. The molecule has 64 heavy (non-hydrogen) atoms. The summed E-state index contributed by atoms with van der Waals surface area (Å²) in [5.74, 6) is -14.0. The Kier molecular flexibility index (Phi) is 22.8. The van der Waals surface area contributed by atoms with Gasteiger partial charge in [-0.15, -0.1) is 0 Å². The zero-order chi connectivity index (χ0) is 49.0. The SMILES string of the molecule is CC(C)[C@H](NC(=O)[C@H](C)NC(=O)[C@H](CC(=O)O)NC(=O)[C@H](CCC(N)=O)NC(=O)[C@@H]1CCCN1C(=O)[C@H](CCC(N)=O)NC(=O)[C@@H](N)CCC(N)=O)C(=O)N[C@@H](CCC(N)=O)C(=O)O. The van der Waals surface area contributed by atoms with Crippen molar-refractivity contribution in [1.82, 2.24) is 36.8 Å². The van der Waals surface area contributed by atoms with Gasteiger partial charge in [0.2, 0.25) is 65.0 Å². The van der Waals surface area contributed by atoms with Crippen molar-refractivity contribution in [3.05, 3.63) is 0 Å².